The zero-order valence-electron chi connectivity index (χ0n) is 10.9. The third kappa shape index (κ3) is 6.17. The van der Waals surface area contributed by atoms with Crippen LogP contribution in [0.25, 0.3) is 0 Å². The van der Waals surface area contributed by atoms with E-state index in [4.69, 9.17) is 19.2 Å². The van der Waals surface area contributed by atoms with Crippen molar-refractivity contribution >= 4 is 7.82 Å². The van der Waals surface area contributed by atoms with Gasteiger partial charge in [0.15, 0.2) is 0 Å². The molecule has 0 amide bonds. The first kappa shape index (κ1) is 17.1. The van der Waals surface area contributed by atoms with Gasteiger partial charge in [0.05, 0.1) is 0 Å². The first-order valence-corrected chi connectivity index (χ1v) is 7.41. The summed E-state index contributed by atoms with van der Waals surface area (Å²) in [5.41, 5.74) is 3.84. The molecule has 104 valence electrons. The van der Waals surface area contributed by atoms with E-state index in [1.807, 2.05) is 12.1 Å². The Morgan fingerprint density at radius 2 is 1.39 bits per heavy atom. The van der Waals surface area contributed by atoms with E-state index in [0.29, 0.717) is 5.75 Å². The molecule has 0 aromatic heterocycles. The minimum atomic E-state index is -4.64. The highest BCUT2D eigenvalue weighted by molar-refractivity contribution is 7.45. The Morgan fingerprint density at radius 1 is 0.944 bits per heavy atom. The summed E-state index contributed by atoms with van der Waals surface area (Å²) in [5, 5.41) is 9.64. The maximum atomic E-state index is 9.64. The molecule has 18 heavy (non-hydrogen) atoms. The van der Waals surface area contributed by atoms with Gasteiger partial charge in [0.2, 0.25) is 0 Å². The van der Waals surface area contributed by atoms with Gasteiger partial charge >= 0.3 is 7.82 Å². The summed E-state index contributed by atoms with van der Waals surface area (Å²) >= 11 is 0. The second-order valence-electron chi connectivity index (χ2n) is 3.77. The highest BCUT2D eigenvalue weighted by Crippen LogP contribution is 2.26. The molecule has 0 aliphatic rings. The first-order chi connectivity index (χ1) is 8.24. The number of benzene rings is 1. The largest absolute Gasteiger partial charge is 0.508 e. The molecule has 0 unspecified atom stereocenters. The molecule has 0 saturated heterocycles. The van der Waals surface area contributed by atoms with Crippen LogP contribution in [0.2, 0.25) is 0 Å². The number of hydrogen-bond donors (Lipinski definition) is 4. The van der Waals surface area contributed by atoms with Gasteiger partial charge in [-0.15, -0.1) is 0 Å². The highest BCUT2D eigenvalue weighted by atomic mass is 31.2. The lowest BCUT2D eigenvalue weighted by molar-refractivity contribution is 0.275. The molecule has 0 heterocycles. The van der Waals surface area contributed by atoms with E-state index in [1.54, 1.807) is 0 Å². The maximum absolute atomic E-state index is 9.64. The summed E-state index contributed by atoms with van der Waals surface area (Å²) in [4.78, 5) is 21.6. The van der Waals surface area contributed by atoms with Crippen LogP contribution in [-0.2, 0) is 23.8 Å². The van der Waals surface area contributed by atoms with Crippen LogP contribution >= 0.6 is 7.82 Å². The molecule has 0 atom stereocenters. The Hall–Kier alpha value is -0.870. The summed E-state index contributed by atoms with van der Waals surface area (Å²) in [6.45, 7) is 6.39. The number of phosphoric acid groups is 1. The van der Waals surface area contributed by atoms with Gasteiger partial charge in [-0.3, -0.25) is 0 Å². The monoisotopic (exact) mass is 276 g/mol. The van der Waals surface area contributed by atoms with Crippen molar-refractivity contribution in [3.63, 3.8) is 0 Å². The van der Waals surface area contributed by atoms with Crippen LogP contribution < -0.4 is 0 Å². The third-order valence-corrected chi connectivity index (χ3v) is 2.59. The molecule has 4 N–H and O–H groups in total. The molecular formula is C12H21O5P. The molecular weight excluding hydrogens is 255 g/mol. The first-order valence-electron chi connectivity index (χ1n) is 5.85. The van der Waals surface area contributed by atoms with E-state index < -0.39 is 7.82 Å². The van der Waals surface area contributed by atoms with Gasteiger partial charge in [-0.1, -0.05) is 26.8 Å². The fourth-order valence-corrected chi connectivity index (χ4v) is 1.90. The van der Waals surface area contributed by atoms with Gasteiger partial charge in [-0.2, -0.15) is 0 Å². The zero-order chi connectivity index (χ0) is 14.3. The van der Waals surface area contributed by atoms with Gasteiger partial charge in [0.25, 0.3) is 0 Å². The molecule has 0 saturated carbocycles. The Morgan fingerprint density at radius 3 is 1.72 bits per heavy atom. The minimum absolute atomic E-state index is 0.455. The van der Waals surface area contributed by atoms with E-state index in [0.717, 1.165) is 24.8 Å². The standard InChI is InChI=1S/C12H18O.H3O4P/c1-4-9-7-8-12(13)11(6-3)10(9)5-2;1-5(2,3)4/h7-8,13H,4-6H2,1-3H3;(H3,1,2,3,4). The quantitative estimate of drug-likeness (QED) is 0.634. The Bertz CT molecular complexity index is 416. The maximum Gasteiger partial charge on any atom is 0.466 e. The lowest BCUT2D eigenvalue weighted by Crippen LogP contribution is -1.97. The van der Waals surface area contributed by atoms with Crippen molar-refractivity contribution in [2.24, 2.45) is 0 Å². The van der Waals surface area contributed by atoms with E-state index in [9.17, 15) is 5.11 Å². The van der Waals surface area contributed by atoms with Gasteiger partial charge in [-0.25, -0.2) is 4.57 Å². The SMILES string of the molecule is CCc1ccc(O)c(CC)c1CC.O=P(O)(O)O. The molecule has 1 aromatic rings. The number of rotatable bonds is 3. The van der Waals surface area contributed by atoms with E-state index in [2.05, 4.69) is 20.8 Å². The normalized spacial score (nSPS) is 10.8. The van der Waals surface area contributed by atoms with Gasteiger partial charge in [0.1, 0.15) is 5.75 Å². The predicted octanol–water partition coefficient (Wildman–Crippen LogP) is 2.15. The molecule has 0 bridgehead atoms. The Balaban J connectivity index is 0.000000494. The van der Waals surface area contributed by atoms with Crippen molar-refractivity contribution in [1.82, 2.24) is 0 Å². The number of phenols is 1. The average molecular weight is 276 g/mol. The number of aryl methyl sites for hydroxylation is 1. The Kier molecular flexibility index (Phi) is 7.18. The lowest BCUT2D eigenvalue weighted by atomic mass is 9.95. The fraction of sp³-hybridized carbons (Fsp3) is 0.500. The topological polar surface area (TPSA) is 98.0 Å². The van der Waals surface area contributed by atoms with Gasteiger partial charge < -0.3 is 19.8 Å². The van der Waals surface area contributed by atoms with Crippen LogP contribution in [0.15, 0.2) is 12.1 Å². The van der Waals surface area contributed by atoms with Crippen molar-refractivity contribution in [2.75, 3.05) is 0 Å². The van der Waals surface area contributed by atoms with Crippen LogP contribution in [0, 0.1) is 0 Å². The molecule has 1 rings (SSSR count). The average Bonchev–Trinajstić information content (AvgIpc) is 2.26. The van der Waals surface area contributed by atoms with Gasteiger partial charge in [-0.05, 0) is 42.0 Å². The molecule has 0 fully saturated rings. The molecule has 0 aliphatic carbocycles. The summed E-state index contributed by atoms with van der Waals surface area (Å²) in [7, 11) is -4.64. The smallest absolute Gasteiger partial charge is 0.466 e. The van der Waals surface area contributed by atoms with Crippen molar-refractivity contribution in [3.05, 3.63) is 28.8 Å². The summed E-state index contributed by atoms with van der Waals surface area (Å²) in [5.74, 6) is 0.455. The zero-order valence-corrected chi connectivity index (χ0v) is 11.8. The van der Waals surface area contributed by atoms with Crippen LogP contribution in [0.3, 0.4) is 0 Å². The van der Waals surface area contributed by atoms with Crippen molar-refractivity contribution < 1.29 is 24.4 Å². The number of hydrogen-bond acceptors (Lipinski definition) is 2. The van der Waals surface area contributed by atoms with E-state index in [1.165, 1.54) is 11.1 Å². The molecule has 0 radical (unpaired) electrons. The summed E-state index contributed by atoms with van der Waals surface area (Å²) in [6, 6.07) is 3.85. The van der Waals surface area contributed by atoms with Crippen LogP contribution in [-0.4, -0.2) is 19.8 Å². The Labute approximate surface area is 107 Å². The van der Waals surface area contributed by atoms with Crippen LogP contribution in [0.4, 0.5) is 0 Å². The van der Waals surface area contributed by atoms with Crippen molar-refractivity contribution in [3.8, 4) is 5.75 Å². The second kappa shape index (κ2) is 7.54. The number of aromatic hydroxyl groups is 1. The second-order valence-corrected chi connectivity index (χ2v) is 4.80. The summed E-state index contributed by atoms with van der Waals surface area (Å²) < 4.78 is 8.88. The van der Waals surface area contributed by atoms with Gasteiger partial charge in [0, 0.05) is 0 Å². The molecule has 5 nitrogen and oxygen atoms in total. The molecule has 1 aromatic carbocycles. The molecule has 0 aliphatic heterocycles. The fourth-order valence-electron chi connectivity index (χ4n) is 1.90. The lowest BCUT2D eigenvalue weighted by Gasteiger charge is -2.12. The van der Waals surface area contributed by atoms with Crippen molar-refractivity contribution in [2.45, 2.75) is 40.0 Å². The molecule has 0 spiro atoms. The third-order valence-electron chi connectivity index (χ3n) is 2.59. The van der Waals surface area contributed by atoms with Crippen molar-refractivity contribution in [1.29, 1.82) is 0 Å². The van der Waals surface area contributed by atoms with E-state index in [-0.39, 0.29) is 0 Å². The number of phenolic OH excluding ortho intramolecular Hbond substituents is 1. The minimum Gasteiger partial charge on any atom is -0.508 e. The molecule has 6 heteroatoms. The van der Waals surface area contributed by atoms with E-state index >= 15 is 0 Å². The van der Waals surface area contributed by atoms with Crippen LogP contribution in [0.1, 0.15) is 37.5 Å². The predicted molar refractivity (Wildman–Crippen MR) is 70.5 cm³/mol. The highest BCUT2D eigenvalue weighted by Gasteiger charge is 2.08. The van der Waals surface area contributed by atoms with Crippen LogP contribution in [0.5, 0.6) is 5.75 Å². The summed E-state index contributed by atoms with van der Waals surface area (Å²) in [6.07, 6.45) is 2.99.